The molecule has 0 saturated heterocycles. The first-order valence-electron chi connectivity index (χ1n) is 5.21. The topological polar surface area (TPSA) is 61.4 Å². The number of amides is 1. The van der Waals surface area contributed by atoms with Gasteiger partial charge in [0.2, 0.25) is 5.91 Å². The second-order valence-corrected chi connectivity index (χ2v) is 3.91. The van der Waals surface area contributed by atoms with E-state index in [1.54, 1.807) is 24.3 Å². The first kappa shape index (κ1) is 10.5. The van der Waals surface area contributed by atoms with Crippen LogP contribution in [0.3, 0.4) is 0 Å². The molecule has 0 aromatic heterocycles. The molecule has 1 saturated carbocycles. The highest BCUT2D eigenvalue weighted by Gasteiger charge is 2.29. The van der Waals surface area contributed by atoms with Crippen molar-refractivity contribution in [2.75, 3.05) is 0 Å². The van der Waals surface area contributed by atoms with E-state index in [0.29, 0.717) is 5.70 Å². The van der Waals surface area contributed by atoms with Crippen LogP contribution < -0.4 is 10.9 Å². The molecule has 4 nitrogen and oxygen atoms in total. The molecule has 0 atom stereocenters. The van der Waals surface area contributed by atoms with Gasteiger partial charge in [0.05, 0.1) is 5.70 Å². The zero-order chi connectivity index (χ0) is 11.5. The first-order valence-corrected chi connectivity index (χ1v) is 5.21. The summed E-state index contributed by atoms with van der Waals surface area (Å²) >= 11 is 0. The Hall–Kier alpha value is -1.97. The van der Waals surface area contributed by atoms with E-state index in [1.165, 1.54) is 0 Å². The van der Waals surface area contributed by atoms with E-state index in [1.807, 2.05) is 0 Å². The fourth-order valence-electron chi connectivity index (χ4n) is 1.32. The summed E-state index contributed by atoms with van der Waals surface area (Å²) in [6, 6.07) is 6.61. The van der Waals surface area contributed by atoms with Crippen molar-refractivity contribution in [2.24, 2.45) is 5.92 Å². The van der Waals surface area contributed by atoms with Crippen LogP contribution in [0.1, 0.15) is 18.4 Å². The van der Waals surface area contributed by atoms with E-state index in [2.05, 4.69) is 17.4 Å². The molecule has 2 rings (SSSR count). The zero-order valence-electron chi connectivity index (χ0n) is 8.86. The van der Waals surface area contributed by atoms with Crippen molar-refractivity contribution in [2.45, 2.75) is 12.8 Å². The summed E-state index contributed by atoms with van der Waals surface area (Å²) in [6.45, 7) is 3.80. The van der Waals surface area contributed by atoms with Crippen LogP contribution in [0.25, 0.3) is 5.70 Å². The number of hydrogen-bond acceptors (Lipinski definition) is 3. The third-order valence-electron chi connectivity index (χ3n) is 2.50. The molecule has 0 aliphatic heterocycles. The Labute approximate surface area is 94.0 Å². The quantitative estimate of drug-likeness (QED) is 0.669. The highest BCUT2D eigenvalue weighted by molar-refractivity contribution is 5.81. The summed E-state index contributed by atoms with van der Waals surface area (Å²) in [4.78, 5) is 11.3. The number of phenolic OH excluding ortho intramolecular Hbond substituents is 1. The van der Waals surface area contributed by atoms with Crippen molar-refractivity contribution in [3.63, 3.8) is 0 Å². The van der Waals surface area contributed by atoms with Gasteiger partial charge < -0.3 is 5.11 Å². The van der Waals surface area contributed by atoms with Crippen LogP contribution in [0.2, 0.25) is 0 Å². The van der Waals surface area contributed by atoms with Crippen LogP contribution >= 0.6 is 0 Å². The minimum absolute atomic E-state index is 0.0138. The molecular formula is C12H14N2O2. The van der Waals surface area contributed by atoms with Gasteiger partial charge in [-0.05, 0) is 42.7 Å². The lowest BCUT2D eigenvalue weighted by Gasteiger charge is -2.10. The van der Waals surface area contributed by atoms with Gasteiger partial charge in [0.1, 0.15) is 5.75 Å². The fraction of sp³-hybridized carbons (Fsp3) is 0.250. The second kappa shape index (κ2) is 4.26. The maximum Gasteiger partial charge on any atom is 0.241 e. The first-order chi connectivity index (χ1) is 7.66. The van der Waals surface area contributed by atoms with Crippen molar-refractivity contribution in [1.29, 1.82) is 0 Å². The highest BCUT2D eigenvalue weighted by Crippen LogP contribution is 2.28. The van der Waals surface area contributed by atoms with Crippen LogP contribution in [-0.2, 0) is 4.79 Å². The third-order valence-corrected chi connectivity index (χ3v) is 2.50. The minimum Gasteiger partial charge on any atom is -0.508 e. The predicted molar refractivity (Wildman–Crippen MR) is 61.1 cm³/mol. The lowest BCUT2D eigenvalue weighted by Crippen LogP contribution is -2.36. The fourth-order valence-corrected chi connectivity index (χ4v) is 1.32. The molecule has 0 unspecified atom stereocenters. The molecule has 4 heteroatoms. The number of phenols is 1. The van der Waals surface area contributed by atoms with Crippen molar-refractivity contribution in [3.05, 3.63) is 36.4 Å². The molecule has 0 spiro atoms. The molecule has 1 aliphatic rings. The van der Waals surface area contributed by atoms with Crippen molar-refractivity contribution in [1.82, 2.24) is 10.9 Å². The van der Waals surface area contributed by atoms with Crippen LogP contribution in [0, 0.1) is 5.92 Å². The van der Waals surface area contributed by atoms with E-state index in [4.69, 9.17) is 5.11 Å². The van der Waals surface area contributed by atoms with Gasteiger partial charge in [-0.2, -0.15) is 0 Å². The monoisotopic (exact) mass is 218 g/mol. The SMILES string of the molecule is C=C(NNC(=O)C1CC1)c1ccc(O)cc1. The molecule has 1 aromatic carbocycles. The van der Waals surface area contributed by atoms with E-state index in [-0.39, 0.29) is 17.6 Å². The Kier molecular flexibility index (Phi) is 2.81. The maximum absolute atomic E-state index is 11.3. The van der Waals surface area contributed by atoms with E-state index >= 15 is 0 Å². The summed E-state index contributed by atoms with van der Waals surface area (Å²) in [5.74, 6) is 0.388. The van der Waals surface area contributed by atoms with Gasteiger partial charge in [0.25, 0.3) is 0 Å². The van der Waals surface area contributed by atoms with Crippen molar-refractivity contribution in [3.8, 4) is 5.75 Å². The van der Waals surface area contributed by atoms with E-state index in [0.717, 1.165) is 18.4 Å². The van der Waals surface area contributed by atoms with Gasteiger partial charge in [0.15, 0.2) is 0 Å². The van der Waals surface area contributed by atoms with E-state index in [9.17, 15) is 4.79 Å². The van der Waals surface area contributed by atoms with Crippen LogP contribution in [0.15, 0.2) is 30.8 Å². The molecule has 3 N–H and O–H groups in total. The Morgan fingerprint density at radius 3 is 2.44 bits per heavy atom. The molecule has 16 heavy (non-hydrogen) atoms. The van der Waals surface area contributed by atoms with Gasteiger partial charge in [-0.3, -0.25) is 15.6 Å². The van der Waals surface area contributed by atoms with Gasteiger partial charge in [0, 0.05) is 5.92 Å². The Morgan fingerprint density at radius 2 is 1.88 bits per heavy atom. The van der Waals surface area contributed by atoms with Gasteiger partial charge >= 0.3 is 0 Å². The van der Waals surface area contributed by atoms with Crippen LogP contribution in [0.4, 0.5) is 0 Å². The molecule has 0 radical (unpaired) electrons. The third kappa shape index (κ3) is 2.53. The Bertz CT molecular complexity index is 408. The van der Waals surface area contributed by atoms with Gasteiger partial charge in [-0.1, -0.05) is 6.58 Å². The van der Waals surface area contributed by atoms with Gasteiger partial charge in [-0.15, -0.1) is 0 Å². The summed E-state index contributed by atoms with van der Waals surface area (Å²) in [5.41, 5.74) is 6.80. The van der Waals surface area contributed by atoms with E-state index < -0.39 is 0 Å². The number of carbonyl (C=O) groups excluding carboxylic acids is 1. The number of aromatic hydroxyl groups is 1. The lowest BCUT2D eigenvalue weighted by atomic mass is 10.2. The standard InChI is InChI=1S/C12H14N2O2/c1-8(9-4-6-11(15)7-5-9)13-14-12(16)10-2-3-10/h4-7,10,13,15H,1-3H2,(H,14,16). The normalized spacial score (nSPS) is 14.2. The molecule has 84 valence electrons. The number of benzene rings is 1. The summed E-state index contributed by atoms with van der Waals surface area (Å²) in [7, 11) is 0. The van der Waals surface area contributed by atoms with Crippen LogP contribution in [0.5, 0.6) is 5.75 Å². The predicted octanol–water partition coefficient (Wildman–Crippen LogP) is 1.39. The minimum atomic E-state index is 0.0138. The average Bonchev–Trinajstić information content (AvgIpc) is 3.10. The number of hydrazine groups is 1. The lowest BCUT2D eigenvalue weighted by molar-refractivity contribution is -0.122. The Morgan fingerprint density at radius 1 is 1.25 bits per heavy atom. The largest absolute Gasteiger partial charge is 0.508 e. The second-order valence-electron chi connectivity index (χ2n) is 3.91. The van der Waals surface area contributed by atoms with Crippen molar-refractivity contribution >= 4 is 11.6 Å². The molecule has 0 heterocycles. The maximum atomic E-state index is 11.3. The summed E-state index contributed by atoms with van der Waals surface area (Å²) < 4.78 is 0. The highest BCUT2D eigenvalue weighted by atomic mass is 16.3. The molecule has 1 aliphatic carbocycles. The molecule has 1 aromatic rings. The smallest absolute Gasteiger partial charge is 0.241 e. The molecular weight excluding hydrogens is 204 g/mol. The zero-order valence-corrected chi connectivity index (χ0v) is 8.86. The number of carbonyl (C=O) groups is 1. The molecule has 1 amide bonds. The summed E-state index contributed by atoms with van der Waals surface area (Å²) in [5, 5.41) is 9.12. The van der Waals surface area contributed by atoms with Crippen molar-refractivity contribution < 1.29 is 9.90 Å². The number of hydrogen-bond donors (Lipinski definition) is 3. The number of rotatable bonds is 4. The average molecular weight is 218 g/mol. The number of nitrogens with one attached hydrogen (secondary N) is 2. The van der Waals surface area contributed by atoms with Crippen LogP contribution in [-0.4, -0.2) is 11.0 Å². The van der Waals surface area contributed by atoms with Gasteiger partial charge in [-0.25, -0.2) is 0 Å². The Balaban J connectivity index is 1.87. The molecule has 1 fully saturated rings. The molecule has 0 bridgehead atoms. The summed E-state index contributed by atoms with van der Waals surface area (Å²) in [6.07, 6.45) is 1.94.